The number of aliphatic hydroxyl groups is 1. The maximum atomic E-state index is 13.3. The van der Waals surface area contributed by atoms with Crippen LogP contribution in [0.3, 0.4) is 0 Å². The summed E-state index contributed by atoms with van der Waals surface area (Å²) < 4.78 is 24.7. The Bertz CT molecular complexity index is 855. The summed E-state index contributed by atoms with van der Waals surface area (Å²) in [7, 11) is 0. The quantitative estimate of drug-likeness (QED) is 0.754. The summed E-state index contributed by atoms with van der Waals surface area (Å²) in [6, 6.07) is 13.6. The van der Waals surface area contributed by atoms with Gasteiger partial charge in [0.05, 0.1) is 0 Å². The Morgan fingerprint density at radius 1 is 1.07 bits per heavy atom. The van der Waals surface area contributed by atoms with Crippen molar-refractivity contribution in [2.75, 3.05) is 32.8 Å². The van der Waals surface area contributed by atoms with Crippen molar-refractivity contribution in [2.45, 2.75) is 31.6 Å². The largest absolute Gasteiger partial charge is 0.486 e. The third-order valence-corrected chi connectivity index (χ3v) is 5.55. The van der Waals surface area contributed by atoms with Crippen molar-refractivity contribution in [3.8, 4) is 11.5 Å². The number of amides is 1. The molecule has 160 valence electrons. The van der Waals surface area contributed by atoms with Gasteiger partial charge in [0.1, 0.15) is 29.5 Å². The Morgan fingerprint density at radius 2 is 1.83 bits per heavy atom. The lowest BCUT2D eigenvalue weighted by Crippen LogP contribution is -2.32. The molecule has 7 heteroatoms. The van der Waals surface area contributed by atoms with Crippen LogP contribution >= 0.6 is 0 Å². The summed E-state index contributed by atoms with van der Waals surface area (Å²) in [6.07, 6.45) is 1.11. The van der Waals surface area contributed by atoms with E-state index >= 15 is 0 Å². The van der Waals surface area contributed by atoms with E-state index in [4.69, 9.17) is 9.47 Å². The van der Waals surface area contributed by atoms with Gasteiger partial charge in [-0.1, -0.05) is 18.2 Å². The molecule has 2 saturated heterocycles. The van der Waals surface area contributed by atoms with E-state index in [1.165, 1.54) is 12.1 Å². The first-order valence-electron chi connectivity index (χ1n) is 10.4. The maximum absolute atomic E-state index is 13.3. The van der Waals surface area contributed by atoms with Crippen molar-refractivity contribution in [3.63, 3.8) is 0 Å². The average Bonchev–Trinajstić information content (AvgIpc) is 3.38. The molecular formula is C23H27FN2O4. The topological polar surface area (TPSA) is 62.2 Å². The van der Waals surface area contributed by atoms with Gasteiger partial charge in [0.15, 0.2) is 6.61 Å². The number of hydrogen-bond donors (Lipinski definition) is 1. The predicted molar refractivity (Wildman–Crippen MR) is 110 cm³/mol. The lowest BCUT2D eigenvalue weighted by Gasteiger charge is -2.17. The van der Waals surface area contributed by atoms with Crippen molar-refractivity contribution in [2.24, 2.45) is 0 Å². The third-order valence-electron chi connectivity index (χ3n) is 5.55. The molecule has 6 nitrogen and oxygen atoms in total. The van der Waals surface area contributed by atoms with Crippen LogP contribution in [0.4, 0.5) is 4.39 Å². The molecule has 0 saturated carbocycles. The minimum Gasteiger partial charge on any atom is -0.486 e. The van der Waals surface area contributed by atoms with Crippen LogP contribution in [0.15, 0.2) is 48.5 Å². The van der Waals surface area contributed by atoms with Gasteiger partial charge in [0, 0.05) is 38.8 Å². The maximum Gasteiger partial charge on any atom is 0.260 e. The lowest BCUT2D eigenvalue weighted by atomic mass is 10.2. The van der Waals surface area contributed by atoms with Crippen LogP contribution < -0.4 is 9.47 Å². The van der Waals surface area contributed by atoms with E-state index < -0.39 is 12.2 Å². The first-order valence-corrected chi connectivity index (χ1v) is 10.4. The number of likely N-dealkylation sites (tertiary alicyclic amines) is 2. The molecule has 1 N–H and O–H groups in total. The summed E-state index contributed by atoms with van der Waals surface area (Å²) >= 11 is 0. The molecule has 30 heavy (non-hydrogen) atoms. The van der Waals surface area contributed by atoms with E-state index in [2.05, 4.69) is 4.90 Å². The van der Waals surface area contributed by atoms with Gasteiger partial charge in [-0.05, 0) is 42.7 Å². The summed E-state index contributed by atoms with van der Waals surface area (Å²) in [4.78, 5) is 16.0. The van der Waals surface area contributed by atoms with Crippen molar-refractivity contribution >= 4 is 5.91 Å². The van der Waals surface area contributed by atoms with Crippen molar-refractivity contribution in [1.82, 2.24) is 9.80 Å². The van der Waals surface area contributed by atoms with Crippen LogP contribution in [-0.4, -0.2) is 65.8 Å². The van der Waals surface area contributed by atoms with Gasteiger partial charge in [-0.15, -0.1) is 0 Å². The van der Waals surface area contributed by atoms with Gasteiger partial charge in [-0.3, -0.25) is 9.69 Å². The third kappa shape index (κ3) is 5.29. The molecule has 2 aliphatic heterocycles. The summed E-state index contributed by atoms with van der Waals surface area (Å²) in [5, 5.41) is 10.3. The smallest absolute Gasteiger partial charge is 0.260 e. The van der Waals surface area contributed by atoms with E-state index in [-0.39, 0.29) is 18.3 Å². The van der Waals surface area contributed by atoms with E-state index in [0.717, 1.165) is 31.5 Å². The highest BCUT2D eigenvalue weighted by Crippen LogP contribution is 2.22. The normalized spacial score (nSPS) is 21.7. The average molecular weight is 414 g/mol. The number of nitrogens with zero attached hydrogens (tertiary/aromatic N) is 2. The summed E-state index contributed by atoms with van der Waals surface area (Å²) in [5.74, 6) is 0.763. The van der Waals surface area contributed by atoms with Crippen molar-refractivity contribution in [3.05, 3.63) is 59.9 Å². The number of hydrogen-bond acceptors (Lipinski definition) is 5. The zero-order valence-corrected chi connectivity index (χ0v) is 16.9. The molecule has 0 aromatic heterocycles. The molecular weight excluding hydrogens is 387 g/mol. The van der Waals surface area contributed by atoms with E-state index in [9.17, 15) is 14.3 Å². The van der Waals surface area contributed by atoms with Crippen LogP contribution in [0.1, 0.15) is 18.4 Å². The molecule has 1 amide bonds. The zero-order chi connectivity index (χ0) is 20.9. The number of carbonyl (C=O) groups excluding carboxylic acids is 1. The van der Waals surface area contributed by atoms with Crippen molar-refractivity contribution < 1.29 is 23.8 Å². The second kappa shape index (κ2) is 9.45. The highest BCUT2D eigenvalue weighted by Gasteiger charge is 2.33. The molecule has 0 aliphatic carbocycles. The Labute approximate surface area is 175 Å². The van der Waals surface area contributed by atoms with Crippen LogP contribution in [0.2, 0.25) is 0 Å². The minimum absolute atomic E-state index is 0.0342. The molecule has 4 rings (SSSR count). The van der Waals surface area contributed by atoms with Gasteiger partial charge < -0.3 is 19.5 Å². The fourth-order valence-corrected chi connectivity index (χ4v) is 3.94. The fraction of sp³-hybridized carbons (Fsp3) is 0.435. The number of halogens is 1. The highest BCUT2D eigenvalue weighted by atomic mass is 19.1. The summed E-state index contributed by atoms with van der Waals surface area (Å²) in [5.41, 5.74) is 1.08. The Kier molecular flexibility index (Phi) is 6.50. The number of carbonyl (C=O) groups is 1. The van der Waals surface area contributed by atoms with Gasteiger partial charge in [-0.2, -0.15) is 0 Å². The van der Waals surface area contributed by atoms with Crippen LogP contribution in [-0.2, 0) is 11.3 Å². The molecule has 0 spiro atoms. The number of β-amino-alcohol motifs (C(OH)–C–C–N with tert-alkyl or cyclic N) is 1. The molecule has 0 unspecified atom stereocenters. The minimum atomic E-state index is -0.632. The molecule has 2 aliphatic rings. The van der Waals surface area contributed by atoms with Crippen LogP contribution in [0.5, 0.6) is 11.5 Å². The first kappa shape index (κ1) is 20.6. The summed E-state index contributed by atoms with van der Waals surface area (Å²) in [6.45, 7) is 3.42. The molecule has 0 bridgehead atoms. The monoisotopic (exact) mass is 414 g/mol. The number of ether oxygens (including phenoxy) is 2. The molecule has 2 aromatic rings. The van der Waals surface area contributed by atoms with E-state index in [0.29, 0.717) is 31.1 Å². The first-order chi connectivity index (χ1) is 14.6. The van der Waals surface area contributed by atoms with E-state index in [1.54, 1.807) is 12.1 Å². The predicted octanol–water partition coefficient (Wildman–Crippen LogP) is 2.45. The Morgan fingerprint density at radius 3 is 2.57 bits per heavy atom. The van der Waals surface area contributed by atoms with Crippen molar-refractivity contribution in [1.29, 1.82) is 0 Å². The van der Waals surface area contributed by atoms with Crippen LogP contribution in [0.25, 0.3) is 0 Å². The SMILES string of the molecule is O=C(COc1ccc(CN2C[C@@H](O)[C@H](Oc3cccc(F)c3)C2)cc1)N1CCCC1. The molecule has 2 atom stereocenters. The van der Waals surface area contributed by atoms with Crippen LogP contribution in [0, 0.1) is 5.82 Å². The van der Waals surface area contributed by atoms with Gasteiger partial charge in [0.2, 0.25) is 0 Å². The van der Waals surface area contributed by atoms with Gasteiger partial charge in [0.25, 0.3) is 5.91 Å². The number of rotatable bonds is 7. The Balaban J connectivity index is 1.25. The lowest BCUT2D eigenvalue weighted by molar-refractivity contribution is -0.132. The number of benzene rings is 2. The standard InChI is InChI=1S/C23H27FN2O4/c24-18-4-3-5-20(12-18)30-22-15-25(14-21(22)27)13-17-6-8-19(9-7-17)29-16-23(28)26-10-1-2-11-26/h3-9,12,21-22,27H,1-2,10-11,13-16H2/t21-,22-/m1/s1. The Hall–Kier alpha value is -2.64. The zero-order valence-electron chi connectivity index (χ0n) is 16.9. The molecule has 0 radical (unpaired) electrons. The second-order valence-electron chi connectivity index (χ2n) is 7.90. The molecule has 2 heterocycles. The van der Waals surface area contributed by atoms with Gasteiger partial charge >= 0.3 is 0 Å². The molecule has 2 aromatic carbocycles. The molecule has 2 fully saturated rings. The van der Waals surface area contributed by atoms with Gasteiger partial charge in [-0.25, -0.2) is 4.39 Å². The highest BCUT2D eigenvalue weighted by molar-refractivity contribution is 5.78. The fourth-order valence-electron chi connectivity index (χ4n) is 3.94. The second-order valence-corrected chi connectivity index (χ2v) is 7.90. The van der Waals surface area contributed by atoms with E-state index in [1.807, 2.05) is 29.2 Å². The number of aliphatic hydroxyl groups excluding tert-OH is 1.